The van der Waals surface area contributed by atoms with Crippen molar-refractivity contribution < 1.29 is 28.7 Å². The number of carbonyl (C=O) groups is 4. The molecule has 1 heterocycles. The molecule has 1 aromatic carbocycles. The lowest BCUT2D eigenvalue weighted by Gasteiger charge is -2.06. The second-order valence-electron chi connectivity index (χ2n) is 5.37. The lowest BCUT2D eigenvalue weighted by atomic mass is 10.1. The zero-order chi connectivity index (χ0) is 20.1. The lowest BCUT2D eigenvalue weighted by Crippen LogP contribution is -2.17. The van der Waals surface area contributed by atoms with Crippen molar-refractivity contribution in [3.63, 3.8) is 0 Å². The van der Waals surface area contributed by atoms with Crippen molar-refractivity contribution in [2.75, 3.05) is 19.0 Å². The van der Waals surface area contributed by atoms with E-state index in [1.54, 1.807) is 13.8 Å². The van der Waals surface area contributed by atoms with E-state index in [-0.39, 0.29) is 27.6 Å². The summed E-state index contributed by atoms with van der Waals surface area (Å²) in [5.41, 5.74) is 6.35. The summed E-state index contributed by atoms with van der Waals surface area (Å²) >= 11 is 0.916. The minimum absolute atomic E-state index is 0.0579. The maximum Gasteiger partial charge on any atom is 0.348 e. The van der Waals surface area contributed by atoms with Crippen molar-refractivity contribution >= 4 is 40.1 Å². The molecule has 1 aromatic heterocycles. The van der Waals surface area contributed by atoms with Gasteiger partial charge in [0.25, 0.3) is 11.8 Å². The van der Waals surface area contributed by atoms with E-state index in [2.05, 4.69) is 10.1 Å². The van der Waals surface area contributed by atoms with E-state index in [1.165, 1.54) is 31.4 Å². The van der Waals surface area contributed by atoms with Crippen LogP contribution in [-0.2, 0) is 9.47 Å². The number of amides is 2. The van der Waals surface area contributed by atoms with Gasteiger partial charge >= 0.3 is 11.9 Å². The Bertz CT molecular complexity index is 901. The quantitative estimate of drug-likeness (QED) is 0.730. The normalized spacial score (nSPS) is 10.2. The number of benzene rings is 1. The topological polar surface area (TPSA) is 125 Å². The van der Waals surface area contributed by atoms with Gasteiger partial charge in [0.15, 0.2) is 0 Å². The number of ether oxygens (including phenoxy) is 2. The molecule has 0 spiro atoms. The van der Waals surface area contributed by atoms with Gasteiger partial charge in [-0.15, -0.1) is 11.3 Å². The van der Waals surface area contributed by atoms with Crippen molar-refractivity contribution in [2.45, 2.75) is 13.8 Å². The molecule has 0 fully saturated rings. The minimum Gasteiger partial charge on any atom is -0.465 e. The molecule has 0 aliphatic rings. The number of methoxy groups -OCH3 is 1. The Morgan fingerprint density at radius 2 is 1.67 bits per heavy atom. The number of primary amides is 1. The highest BCUT2D eigenvalue weighted by atomic mass is 32.1. The van der Waals surface area contributed by atoms with E-state index in [9.17, 15) is 19.2 Å². The molecular weight excluding hydrogens is 372 g/mol. The third-order valence-corrected chi connectivity index (χ3v) is 4.84. The molecule has 2 rings (SSSR count). The standard InChI is InChI=1S/C18H18N2O6S/c1-4-26-18(24)13-9(2)12(14(19)21)16(27-13)20-15(22)10-5-7-11(8-6-10)17(23)25-3/h5-8H,4H2,1-3H3,(H2,19,21)(H,20,22). The number of rotatable bonds is 6. The molecule has 0 saturated carbocycles. The average Bonchev–Trinajstić information content (AvgIpc) is 2.97. The molecule has 0 saturated heterocycles. The van der Waals surface area contributed by atoms with Gasteiger partial charge in [0, 0.05) is 5.56 Å². The maximum atomic E-state index is 12.5. The fraction of sp³-hybridized carbons (Fsp3) is 0.222. The predicted molar refractivity (Wildman–Crippen MR) is 99.3 cm³/mol. The van der Waals surface area contributed by atoms with Gasteiger partial charge in [-0.2, -0.15) is 0 Å². The molecule has 0 radical (unpaired) electrons. The van der Waals surface area contributed by atoms with Crippen molar-refractivity contribution in [3.05, 3.63) is 51.4 Å². The molecule has 0 bridgehead atoms. The number of nitrogens with one attached hydrogen (secondary N) is 1. The maximum absolute atomic E-state index is 12.5. The SMILES string of the molecule is CCOC(=O)c1sc(NC(=O)c2ccc(C(=O)OC)cc2)c(C(N)=O)c1C. The number of thiophene rings is 1. The fourth-order valence-electron chi connectivity index (χ4n) is 2.34. The molecule has 0 unspecified atom stereocenters. The second-order valence-corrected chi connectivity index (χ2v) is 6.39. The summed E-state index contributed by atoms with van der Waals surface area (Å²) < 4.78 is 9.56. The number of esters is 2. The highest BCUT2D eigenvalue weighted by Gasteiger charge is 2.25. The Morgan fingerprint density at radius 3 is 2.19 bits per heavy atom. The third-order valence-electron chi connectivity index (χ3n) is 3.65. The molecule has 2 aromatic rings. The molecule has 3 N–H and O–H groups in total. The van der Waals surface area contributed by atoms with Crippen molar-refractivity contribution in [1.29, 1.82) is 0 Å². The summed E-state index contributed by atoms with van der Waals surface area (Å²) in [5, 5.41) is 2.74. The summed E-state index contributed by atoms with van der Waals surface area (Å²) in [4.78, 5) is 47.9. The molecule has 2 amide bonds. The minimum atomic E-state index is -0.768. The summed E-state index contributed by atoms with van der Waals surface area (Å²) in [6.07, 6.45) is 0. The van der Waals surface area contributed by atoms with Crippen LogP contribution in [0.2, 0.25) is 0 Å². The van der Waals surface area contributed by atoms with E-state index >= 15 is 0 Å². The van der Waals surface area contributed by atoms with Crippen LogP contribution in [0, 0.1) is 6.92 Å². The predicted octanol–water partition coefficient (Wildman–Crippen LogP) is 2.37. The first kappa shape index (κ1) is 20.1. The molecule has 0 aliphatic heterocycles. The van der Waals surface area contributed by atoms with E-state index in [0.29, 0.717) is 11.1 Å². The summed E-state index contributed by atoms with van der Waals surface area (Å²) in [6, 6.07) is 5.77. The Balaban J connectivity index is 2.31. The van der Waals surface area contributed by atoms with Gasteiger partial charge < -0.3 is 20.5 Å². The highest BCUT2D eigenvalue weighted by molar-refractivity contribution is 7.18. The number of carbonyl (C=O) groups excluding carboxylic acids is 4. The van der Waals surface area contributed by atoms with Gasteiger partial charge in [0.05, 0.1) is 24.8 Å². The first-order valence-corrected chi connectivity index (χ1v) is 8.71. The van der Waals surface area contributed by atoms with Crippen LogP contribution in [0.25, 0.3) is 0 Å². The largest absolute Gasteiger partial charge is 0.465 e. The van der Waals surface area contributed by atoms with E-state index in [4.69, 9.17) is 10.5 Å². The fourth-order valence-corrected chi connectivity index (χ4v) is 3.44. The highest BCUT2D eigenvalue weighted by Crippen LogP contribution is 2.33. The molecule has 9 heteroatoms. The molecule has 0 atom stereocenters. The van der Waals surface area contributed by atoms with Crippen molar-refractivity contribution in [1.82, 2.24) is 0 Å². The Hall–Kier alpha value is -3.20. The van der Waals surface area contributed by atoms with Gasteiger partial charge in [0.1, 0.15) is 9.88 Å². The zero-order valence-electron chi connectivity index (χ0n) is 15.0. The second kappa shape index (κ2) is 8.45. The first-order chi connectivity index (χ1) is 12.8. The number of anilines is 1. The van der Waals surface area contributed by atoms with Crippen LogP contribution in [0.3, 0.4) is 0 Å². The van der Waals surface area contributed by atoms with Crippen LogP contribution >= 0.6 is 11.3 Å². The molecule has 27 heavy (non-hydrogen) atoms. The van der Waals surface area contributed by atoms with Gasteiger partial charge in [-0.3, -0.25) is 9.59 Å². The van der Waals surface area contributed by atoms with Gasteiger partial charge in [-0.1, -0.05) is 0 Å². The van der Waals surface area contributed by atoms with Crippen molar-refractivity contribution in [2.24, 2.45) is 5.73 Å². The smallest absolute Gasteiger partial charge is 0.348 e. The Labute approximate surface area is 159 Å². The summed E-state index contributed by atoms with van der Waals surface area (Å²) in [5.74, 6) is -2.41. The Morgan fingerprint density at radius 1 is 1.07 bits per heavy atom. The van der Waals surface area contributed by atoms with Crippen LogP contribution < -0.4 is 11.1 Å². The van der Waals surface area contributed by atoms with E-state index < -0.39 is 23.8 Å². The molecule has 142 valence electrons. The van der Waals surface area contributed by atoms with Gasteiger partial charge in [0.2, 0.25) is 0 Å². The number of nitrogens with two attached hydrogens (primary N) is 1. The van der Waals surface area contributed by atoms with E-state index in [1.807, 2.05) is 0 Å². The third kappa shape index (κ3) is 4.32. The number of hydrogen-bond donors (Lipinski definition) is 2. The zero-order valence-corrected chi connectivity index (χ0v) is 15.8. The number of hydrogen-bond acceptors (Lipinski definition) is 7. The Kier molecular flexibility index (Phi) is 6.30. The van der Waals surface area contributed by atoms with Crippen molar-refractivity contribution in [3.8, 4) is 0 Å². The van der Waals surface area contributed by atoms with Crippen LogP contribution in [0.1, 0.15) is 53.2 Å². The van der Waals surface area contributed by atoms with Crippen LogP contribution in [0.5, 0.6) is 0 Å². The van der Waals surface area contributed by atoms with Crippen LogP contribution in [0.15, 0.2) is 24.3 Å². The molecule has 8 nitrogen and oxygen atoms in total. The lowest BCUT2D eigenvalue weighted by molar-refractivity contribution is 0.0530. The monoisotopic (exact) mass is 390 g/mol. The molecular formula is C18H18N2O6S. The summed E-state index contributed by atoms with van der Waals surface area (Å²) in [7, 11) is 1.26. The van der Waals surface area contributed by atoms with Crippen LogP contribution in [-0.4, -0.2) is 37.5 Å². The first-order valence-electron chi connectivity index (χ1n) is 7.90. The molecule has 0 aliphatic carbocycles. The van der Waals surface area contributed by atoms with Crippen LogP contribution in [0.4, 0.5) is 5.00 Å². The average molecular weight is 390 g/mol. The van der Waals surface area contributed by atoms with E-state index in [0.717, 1.165) is 11.3 Å². The van der Waals surface area contributed by atoms with Gasteiger partial charge in [-0.05, 0) is 43.7 Å². The van der Waals surface area contributed by atoms with Gasteiger partial charge in [-0.25, -0.2) is 9.59 Å². The summed E-state index contributed by atoms with van der Waals surface area (Å²) in [6.45, 7) is 3.40.